The van der Waals surface area contributed by atoms with Crippen LogP contribution in [0.5, 0.6) is 5.75 Å². The van der Waals surface area contributed by atoms with Crippen molar-refractivity contribution in [1.82, 2.24) is 5.32 Å². The fourth-order valence-electron chi connectivity index (χ4n) is 0.991. The van der Waals surface area contributed by atoms with Gasteiger partial charge in [-0.15, -0.1) is 11.8 Å². The Hall–Kier alpha value is -0.670. The van der Waals surface area contributed by atoms with Gasteiger partial charge in [0.05, 0.1) is 0 Å². The van der Waals surface area contributed by atoms with E-state index in [9.17, 15) is 5.11 Å². The van der Waals surface area contributed by atoms with Crippen LogP contribution in [0.2, 0.25) is 0 Å². The molecule has 1 aromatic carbocycles. The van der Waals surface area contributed by atoms with Gasteiger partial charge in [-0.05, 0) is 24.7 Å². The molecule has 72 valence electrons. The highest BCUT2D eigenvalue weighted by Crippen LogP contribution is 2.21. The lowest BCUT2D eigenvalue weighted by Gasteiger charge is -2.02. The zero-order chi connectivity index (χ0) is 9.52. The monoisotopic (exact) mass is 197 g/mol. The third-order valence-electron chi connectivity index (χ3n) is 1.62. The number of aromatic hydroxyl groups is 1. The third-order valence-corrected chi connectivity index (χ3v) is 2.61. The molecular formula is C10H15NOS. The molecule has 0 heterocycles. The molecule has 0 bridgehead atoms. The number of rotatable bonds is 5. The van der Waals surface area contributed by atoms with E-state index in [0.717, 1.165) is 23.7 Å². The number of phenols is 1. The van der Waals surface area contributed by atoms with Crippen molar-refractivity contribution in [3.8, 4) is 5.75 Å². The van der Waals surface area contributed by atoms with Crippen molar-refractivity contribution in [2.75, 3.05) is 18.8 Å². The Morgan fingerprint density at radius 1 is 1.46 bits per heavy atom. The average Bonchev–Trinajstić information content (AvgIpc) is 2.13. The van der Waals surface area contributed by atoms with E-state index in [1.54, 1.807) is 23.9 Å². The zero-order valence-electron chi connectivity index (χ0n) is 7.79. The Kier molecular flexibility index (Phi) is 4.72. The normalized spacial score (nSPS) is 10.2. The Morgan fingerprint density at radius 3 is 3.00 bits per heavy atom. The highest BCUT2D eigenvalue weighted by Gasteiger charge is 1.94. The number of benzene rings is 1. The minimum Gasteiger partial charge on any atom is -0.508 e. The van der Waals surface area contributed by atoms with Crippen molar-refractivity contribution >= 4 is 11.8 Å². The molecule has 0 spiro atoms. The van der Waals surface area contributed by atoms with Crippen LogP contribution in [0.1, 0.15) is 6.92 Å². The van der Waals surface area contributed by atoms with Crippen molar-refractivity contribution in [3.63, 3.8) is 0 Å². The lowest BCUT2D eigenvalue weighted by Crippen LogP contribution is -2.15. The maximum Gasteiger partial charge on any atom is 0.116 e. The van der Waals surface area contributed by atoms with Gasteiger partial charge in [-0.25, -0.2) is 0 Å². The highest BCUT2D eigenvalue weighted by molar-refractivity contribution is 7.99. The second-order valence-corrected chi connectivity index (χ2v) is 3.87. The minimum absolute atomic E-state index is 0.341. The molecule has 0 saturated heterocycles. The summed E-state index contributed by atoms with van der Waals surface area (Å²) < 4.78 is 0. The summed E-state index contributed by atoms with van der Waals surface area (Å²) in [4.78, 5) is 1.12. The quantitative estimate of drug-likeness (QED) is 0.560. The Morgan fingerprint density at radius 2 is 2.31 bits per heavy atom. The van der Waals surface area contributed by atoms with Gasteiger partial charge in [-0.1, -0.05) is 13.0 Å². The van der Waals surface area contributed by atoms with Gasteiger partial charge in [0.25, 0.3) is 0 Å². The van der Waals surface area contributed by atoms with E-state index in [2.05, 4.69) is 12.2 Å². The van der Waals surface area contributed by atoms with Crippen LogP contribution in [-0.2, 0) is 0 Å². The summed E-state index contributed by atoms with van der Waals surface area (Å²) in [6.07, 6.45) is 0. The van der Waals surface area contributed by atoms with E-state index in [0.29, 0.717) is 5.75 Å². The molecule has 2 N–H and O–H groups in total. The van der Waals surface area contributed by atoms with Crippen LogP contribution in [0.25, 0.3) is 0 Å². The van der Waals surface area contributed by atoms with Gasteiger partial charge in [-0.2, -0.15) is 0 Å². The van der Waals surface area contributed by atoms with Crippen molar-refractivity contribution in [2.24, 2.45) is 0 Å². The SMILES string of the molecule is CCNCCSc1cccc(O)c1. The fourth-order valence-corrected chi connectivity index (χ4v) is 1.85. The van der Waals surface area contributed by atoms with E-state index in [1.807, 2.05) is 12.1 Å². The van der Waals surface area contributed by atoms with E-state index >= 15 is 0 Å². The minimum atomic E-state index is 0.341. The third kappa shape index (κ3) is 4.20. The Balaban J connectivity index is 2.28. The maximum absolute atomic E-state index is 9.19. The van der Waals surface area contributed by atoms with E-state index in [4.69, 9.17) is 0 Å². The number of thioether (sulfide) groups is 1. The topological polar surface area (TPSA) is 32.3 Å². The van der Waals surface area contributed by atoms with Crippen LogP contribution in [0, 0.1) is 0 Å². The largest absolute Gasteiger partial charge is 0.508 e. The number of hydrogen-bond donors (Lipinski definition) is 2. The first-order valence-electron chi connectivity index (χ1n) is 4.45. The smallest absolute Gasteiger partial charge is 0.116 e. The molecule has 3 heteroatoms. The summed E-state index contributed by atoms with van der Waals surface area (Å²) in [5.74, 6) is 1.38. The molecule has 2 nitrogen and oxygen atoms in total. The molecule has 1 rings (SSSR count). The molecule has 0 radical (unpaired) electrons. The van der Waals surface area contributed by atoms with Gasteiger partial charge in [0.1, 0.15) is 5.75 Å². The van der Waals surface area contributed by atoms with Crippen LogP contribution in [-0.4, -0.2) is 23.9 Å². The molecule has 0 unspecified atom stereocenters. The van der Waals surface area contributed by atoms with Crippen LogP contribution >= 0.6 is 11.8 Å². The second kappa shape index (κ2) is 5.89. The van der Waals surface area contributed by atoms with E-state index < -0.39 is 0 Å². The lowest BCUT2D eigenvalue weighted by molar-refractivity contribution is 0.474. The molecule has 13 heavy (non-hydrogen) atoms. The maximum atomic E-state index is 9.19. The Labute approximate surface area is 83.4 Å². The number of phenolic OH excluding ortho intramolecular Hbond substituents is 1. The summed E-state index contributed by atoms with van der Waals surface area (Å²) in [5, 5.41) is 12.4. The number of nitrogens with one attached hydrogen (secondary N) is 1. The number of hydrogen-bond acceptors (Lipinski definition) is 3. The van der Waals surface area contributed by atoms with Crippen molar-refractivity contribution in [3.05, 3.63) is 24.3 Å². The van der Waals surface area contributed by atoms with Gasteiger partial charge >= 0.3 is 0 Å². The van der Waals surface area contributed by atoms with E-state index in [1.165, 1.54) is 0 Å². The molecule has 0 aliphatic carbocycles. The summed E-state index contributed by atoms with van der Waals surface area (Å²) >= 11 is 1.75. The fraction of sp³-hybridized carbons (Fsp3) is 0.400. The lowest BCUT2D eigenvalue weighted by atomic mass is 10.3. The van der Waals surface area contributed by atoms with Crippen molar-refractivity contribution in [1.29, 1.82) is 0 Å². The standard InChI is InChI=1S/C10H15NOS/c1-2-11-6-7-13-10-5-3-4-9(12)8-10/h3-5,8,11-12H,2,6-7H2,1H3. The second-order valence-electron chi connectivity index (χ2n) is 2.70. The molecule has 0 saturated carbocycles. The summed E-state index contributed by atoms with van der Waals surface area (Å²) in [6.45, 7) is 4.12. The predicted octanol–water partition coefficient (Wildman–Crippen LogP) is 2.09. The zero-order valence-corrected chi connectivity index (χ0v) is 8.60. The molecule has 0 amide bonds. The molecular weight excluding hydrogens is 182 g/mol. The first kappa shape index (κ1) is 10.4. The first-order valence-corrected chi connectivity index (χ1v) is 5.44. The summed E-state index contributed by atoms with van der Waals surface area (Å²) in [6, 6.07) is 7.35. The van der Waals surface area contributed by atoms with Gasteiger partial charge in [-0.3, -0.25) is 0 Å². The van der Waals surface area contributed by atoms with Crippen LogP contribution in [0.3, 0.4) is 0 Å². The van der Waals surface area contributed by atoms with Crippen molar-refractivity contribution in [2.45, 2.75) is 11.8 Å². The highest BCUT2D eigenvalue weighted by atomic mass is 32.2. The predicted molar refractivity (Wildman–Crippen MR) is 57.4 cm³/mol. The van der Waals surface area contributed by atoms with Gasteiger partial charge < -0.3 is 10.4 Å². The van der Waals surface area contributed by atoms with Crippen LogP contribution < -0.4 is 5.32 Å². The first-order chi connectivity index (χ1) is 6.33. The van der Waals surface area contributed by atoms with Crippen LogP contribution in [0.15, 0.2) is 29.2 Å². The summed E-state index contributed by atoms with van der Waals surface area (Å²) in [7, 11) is 0. The van der Waals surface area contributed by atoms with Crippen LogP contribution in [0.4, 0.5) is 0 Å². The van der Waals surface area contributed by atoms with Gasteiger partial charge in [0, 0.05) is 17.2 Å². The molecule has 0 aliphatic rings. The molecule has 0 fully saturated rings. The van der Waals surface area contributed by atoms with Gasteiger partial charge in [0.2, 0.25) is 0 Å². The van der Waals surface area contributed by atoms with E-state index in [-0.39, 0.29) is 0 Å². The van der Waals surface area contributed by atoms with Crippen molar-refractivity contribution < 1.29 is 5.11 Å². The molecule has 0 aromatic heterocycles. The average molecular weight is 197 g/mol. The van der Waals surface area contributed by atoms with Gasteiger partial charge in [0.15, 0.2) is 0 Å². The molecule has 0 atom stereocenters. The summed E-state index contributed by atoms with van der Waals surface area (Å²) in [5.41, 5.74) is 0. The molecule has 0 aliphatic heterocycles. The molecule has 1 aromatic rings. The Bertz CT molecular complexity index is 252.